The summed E-state index contributed by atoms with van der Waals surface area (Å²) in [5, 5.41) is 11.1. The molecular formula is C18H20N2O4S2. The Kier molecular flexibility index (Phi) is 5.52. The summed E-state index contributed by atoms with van der Waals surface area (Å²) in [6.07, 6.45) is 2.02. The highest BCUT2D eigenvalue weighted by molar-refractivity contribution is 7.99. The minimum absolute atomic E-state index is 0.220. The largest absolute Gasteiger partial charge is 0.371 e. The lowest BCUT2D eigenvalue weighted by atomic mass is 10.2. The predicted octanol–water partition coefficient (Wildman–Crippen LogP) is 3.62. The van der Waals surface area contributed by atoms with Crippen molar-refractivity contribution in [3.8, 4) is 0 Å². The van der Waals surface area contributed by atoms with Crippen molar-refractivity contribution in [2.24, 2.45) is 5.92 Å². The number of nitrogens with zero attached hydrogens (tertiary/aromatic N) is 2. The van der Waals surface area contributed by atoms with E-state index < -0.39 is 14.8 Å². The number of nitro groups is 1. The molecule has 1 saturated heterocycles. The van der Waals surface area contributed by atoms with Crippen LogP contribution in [0.4, 0.5) is 11.4 Å². The quantitative estimate of drug-likeness (QED) is 0.424. The maximum atomic E-state index is 11.9. The van der Waals surface area contributed by atoms with Crippen LogP contribution >= 0.6 is 11.8 Å². The fraction of sp³-hybridized carbons (Fsp3) is 0.333. The smallest absolute Gasteiger partial charge is 0.288 e. The Morgan fingerprint density at radius 3 is 2.62 bits per heavy atom. The number of thioether (sulfide) groups is 1. The average Bonchev–Trinajstić information content (AvgIpc) is 3.08. The Bertz CT molecular complexity index is 901. The van der Waals surface area contributed by atoms with E-state index in [4.69, 9.17) is 0 Å². The zero-order chi connectivity index (χ0) is 18.7. The van der Waals surface area contributed by atoms with Gasteiger partial charge in [-0.2, -0.15) is 0 Å². The maximum absolute atomic E-state index is 11.9. The number of nitro benzene ring substituents is 1. The zero-order valence-electron chi connectivity index (χ0n) is 14.4. The normalized spacial score (nSPS) is 17.4. The molecule has 1 heterocycles. The van der Waals surface area contributed by atoms with Gasteiger partial charge in [-0.3, -0.25) is 10.1 Å². The van der Waals surface area contributed by atoms with Gasteiger partial charge in [0.05, 0.1) is 4.92 Å². The van der Waals surface area contributed by atoms with E-state index in [1.165, 1.54) is 17.0 Å². The molecule has 1 aliphatic rings. The number of hydrogen-bond acceptors (Lipinski definition) is 6. The second-order valence-electron chi connectivity index (χ2n) is 6.41. The van der Waals surface area contributed by atoms with Crippen molar-refractivity contribution in [2.75, 3.05) is 30.0 Å². The third kappa shape index (κ3) is 4.37. The Morgan fingerprint density at radius 1 is 1.23 bits per heavy atom. The van der Waals surface area contributed by atoms with Crippen LogP contribution in [0.2, 0.25) is 0 Å². The molecule has 26 heavy (non-hydrogen) atoms. The molecule has 1 aliphatic heterocycles. The van der Waals surface area contributed by atoms with Gasteiger partial charge in [-0.25, -0.2) is 8.42 Å². The van der Waals surface area contributed by atoms with Crippen molar-refractivity contribution in [2.45, 2.75) is 16.2 Å². The summed E-state index contributed by atoms with van der Waals surface area (Å²) in [5.41, 5.74) is 0.356. The molecule has 1 atom stereocenters. The first-order valence-corrected chi connectivity index (χ1v) is 11.1. The lowest BCUT2D eigenvalue weighted by Crippen LogP contribution is -2.20. The van der Waals surface area contributed by atoms with Crippen LogP contribution in [0.15, 0.2) is 58.3 Å². The molecule has 1 fully saturated rings. The lowest BCUT2D eigenvalue weighted by molar-refractivity contribution is -0.387. The molecule has 3 rings (SSSR count). The van der Waals surface area contributed by atoms with E-state index in [1.54, 1.807) is 6.07 Å². The summed E-state index contributed by atoms with van der Waals surface area (Å²) in [7, 11) is -3.66. The van der Waals surface area contributed by atoms with Gasteiger partial charge >= 0.3 is 0 Å². The third-order valence-corrected chi connectivity index (χ3v) is 6.79. The van der Waals surface area contributed by atoms with E-state index in [-0.39, 0.29) is 10.6 Å². The number of anilines is 1. The molecular weight excluding hydrogens is 372 g/mol. The van der Waals surface area contributed by atoms with E-state index in [0.29, 0.717) is 5.92 Å². The molecule has 8 heteroatoms. The van der Waals surface area contributed by atoms with Gasteiger partial charge < -0.3 is 4.90 Å². The summed E-state index contributed by atoms with van der Waals surface area (Å²) in [6.45, 7) is 1.64. The van der Waals surface area contributed by atoms with E-state index in [0.717, 1.165) is 37.2 Å². The summed E-state index contributed by atoms with van der Waals surface area (Å²) in [6, 6.07) is 14.6. The molecule has 6 nitrogen and oxygen atoms in total. The van der Waals surface area contributed by atoms with E-state index >= 15 is 0 Å². The molecule has 2 aromatic carbocycles. The van der Waals surface area contributed by atoms with Gasteiger partial charge in [0.2, 0.25) is 0 Å². The van der Waals surface area contributed by atoms with Crippen LogP contribution in [0.25, 0.3) is 0 Å². The molecule has 0 saturated carbocycles. The first kappa shape index (κ1) is 18.7. The fourth-order valence-corrected chi connectivity index (χ4v) is 4.99. The van der Waals surface area contributed by atoms with Crippen molar-refractivity contribution in [1.29, 1.82) is 0 Å². The van der Waals surface area contributed by atoms with Gasteiger partial charge in [0, 0.05) is 41.7 Å². The van der Waals surface area contributed by atoms with E-state index in [2.05, 4.69) is 17.0 Å². The molecule has 0 aromatic heterocycles. The minimum Gasteiger partial charge on any atom is -0.371 e. The first-order valence-electron chi connectivity index (χ1n) is 8.26. The second kappa shape index (κ2) is 7.67. The Labute approximate surface area is 157 Å². The fourth-order valence-electron chi connectivity index (χ4n) is 3.08. The molecule has 0 aliphatic carbocycles. The molecule has 138 valence electrons. The SMILES string of the molecule is CS(=O)(=O)c1cc(N2CCC(CSc3ccccc3)C2)ccc1[N+](=O)[O-]. The number of hydrogen-bond donors (Lipinski definition) is 0. The van der Waals surface area contributed by atoms with E-state index in [1.807, 2.05) is 30.0 Å². The van der Waals surface area contributed by atoms with Crippen LogP contribution in [0.1, 0.15) is 6.42 Å². The summed E-state index contributed by atoms with van der Waals surface area (Å²) >= 11 is 1.82. The Hall–Kier alpha value is -2.06. The van der Waals surface area contributed by atoms with Crippen LogP contribution in [-0.2, 0) is 9.84 Å². The van der Waals surface area contributed by atoms with Gasteiger partial charge in [0.1, 0.15) is 4.90 Å². The maximum Gasteiger partial charge on any atom is 0.288 e. The van der Waals surface area contributed by atoms with Crippen LogP contribution in [0.5, 0.6) is 0 Å². The standard InChI is InChI=1S/C18H20N2O4S2/c1-26(23,24)18-11-15(7-8-17(18)20(21)22)19-10-9-14(12-19)13-25-16-5-3-2-4-6-16/h2-8,11,14H,9-10,12-13H2,1H3. The molecule has 0 radical (unpaired) electrons. The van der Waals surface area contributed by atoms with Crippen molar-refractivity contribution in [1.82, 2.24) is 0 Å². The molecule has 0 spiro atoms. The topological polar surface area (TPSA) is 80.5 Å². The highest BCUT2D eigenvalue weighted by atomic mass is 32.2. The van der Waals surface area contributed by atoms with Crippen molar-refractivity contribution in [3.05, 3.63) is 58.6 Å². The van der Waals surface area contributed by atoms with Gasteiger partial charge in [-0.15, -0.1) is 11.8 Å². The monoisotopic (exact) mass is 392 g/mol. The van der Waals surface area contributed by atoms with Gasteiger partial charge in [-0.1, -0.05) is 18.2 Å². The number of benzene rings is 2. The van der Waals surface area contributed by atoms with Crippen molar-refractivity contribution >= 4 is 33.0 Å². The minimum atomic E-state index is -3.66. The van der Waals surface area contributed by atoms with Crippen molar-refractivity contribution in [3.63, 3.8) is 0 Å². The van der Waals surface area contributed by atoms with Gasteiger partial charge in [0.25, 0.3) is 5.69 Å². The molecule has 2 aromatic rings. The number of sulfone groups is 1. The summed E-state index contributed by atoms with van der Waals surface area (Å²) in [5.74, 6) is 1.49. The van der Waals surface area contributed by atoms with Crippen LogP contribution in [0.3, 0.4) is 0 Å². The average molecular weight is 393 g/mol. The van der Waals surface area contributed by atoms with Gasteiger partial charge in [-0.05, 0) is 36.6 Å². The zero-order valence-corrected chi connectivity index (χ0v) is 16.0. The highest BCUT2D eigenvalue weighted by Gasteiger charge is 2.27. The second-order valence-corrected chi connectivity index (χ2v) is 9.48. The molecule has 1 unspecified atom stereocenters. The Balaban J connectivity index is 1.71. The lowest BCUT2D eigenvalue weighted by Gasteiger charge is -2.19. The van der Waals surface area contributed by atoms with E-state index in [9.17, 15) is 18.5 Å². The van der Waals surface area contributed by atoms with Crippen LogP contribution in [0, 0.1) is 16.0 Å². The summed E-state index contributed by atoms with van der Waals surface area (Å²) in [4.78, 5) is 13.6. The summed E-state index contributed by atoms with van der Waals surface area (Å²) < 4.78 is 23.8. The third-order valence-electron chi connectivity index (χ3n) is 4.42. The number of rotatable bonds is 6. The van der Waals surface area contributed by atoms with Crippen molar-refractivity contribution < 1.29 is 13.3 Å². The van der Waals surface area contributed by atoms with Gasteiger partial charge in [0.15, 0.2) is 9.84 Å². The highest BCUT2D eigenvalue weighted by Crippen LogP contribution is 2.33. The Morgan fingerprint density at radius 2 is 1.96 bits per heavy atom. The molecule has 0 bridgehead atoms. The molecule has 0 amide bonds. The van der Waals surface area contributed by atoms with Crippen LogP contribution < -0.4 is 4.90 Å². The predicted molar refractivity (Wildman–Crippen MR) is 104 cm³/mol. The molecule has 0 N–H and O–H groups in total. The van der Waals surface area contributed by atoms with Crippen LogP contribution in [-0.4, -0.2) is 38.4 Å². The first-order chi connectivity index (χ1) is 12.3.